The van der Waals surface area contributed by atoms with Gasteiger partial charge in [-0.15, -0.1) is 46.2 Å². The number of ketones is 1. The number of aromatic amines is 1. The smallest absolute Gasteiger partial charge is 0.349 e. The molecule has 2 amide bonds. The maximum Gasteiger partial charge on any atom is 0.349 e. The van der Waals surface area contributed by atoms with Crippen LogP contribution in [0, 0.1) is 25.7 Å². The molecule has 3 aromatic heterocycles. The number of thiophene rings is 2. The van der Waals surface area contributed by atoms with Crippen molar-refractivity contribution in [2.75, 3.05) is 18.3 Å². The van der Waals surface area contributed by atoms with Crippen molar-refractivity contribution in [3.05, 3.63) is 117 Å². The van der Waals surface area contributed by atoms with E-state index in [9.17, 15) is 110 Å². The highest BCUT2D eigenvalue weighted by Gasteiger charge is 2.40. The monoisotopic (exact) mass is 2110 g/mol. The molecule has 6 aromatic rings. The molecular weight excluding hydrogens is 2000 g/mol. The number of carboxylic acids is 18. The van der Waals surface area contributed by atoms with Crippen molar-refractivity contribution in [2.45, 2.75) is 243 Å². The summed E-state index contributed by atoms with van der Waals surface area (Å²) in [6.45, 7) is 6.53. The lowest BCUT2D eigenvalue weighted by molar-refractivity contribution is -0.185. The van der Waals surface area contributed by atoms with Crippen molar-refractivity contribution in [3.63, 3.8) is 0 Å². The van der Waals surface area contributed by atoms with Gasteiger partial charge in [0.1, 0.15) is 27.6 Å². The summed E-state index contributed by atoms with van der Waals surface area (Å²) in [6, 6.07) is 18.3. The summed E-state index contributed by atoms with van der Waals surface area (Å²) in [5, 5.41) is 161. The van der Waals surface area contributed by atoms with Gasteiger partial charge in [-0.05, 0) is 98.4 Å². The highest BCUT2D eigenvalue weighted by Crippen LogP contribution is 2.44. The average Bonchev–Trinajstić information content (AvgIpc) is 1.61. The molecule has 7 atom stereocenters. The molecule has 0 spiro atoms. The van der Waals surface area contributed by atoms with Crippen LogP contribution in [0.1, 0.15) is 245 Å². The van der Waals surface area contributed by atoms with Gasteiger partial charge in [0.05, 0.1) is 63.5 Å². The number of ether oxygens (including phenoxy) is 4. The van der Waals surface area contributed by atoms with Crippen LogP contribution in [-0.4, -0.2) is 276 Å². The Morgan fingerprint density at radius 2 is 0.806 bits per heavy atom. The van der Waals surface area contributed by atoms with Crippen LogP contribution < -0.4 is 20.1 Å². The van der Waals surface area contributed by atoms with Gasteiger partial charge in [-0.3, -0.25) is 81.5 Å². The van der Waals surface area contributed by atoms with Crippen molar-refractivity contribution >= 4 is 203 Å². The Balaban J connectivity index is 0.00000161. The lowest BCUT2D eigenvalue weighted by atomic mass is 9.79. The zero-order chi connectivity index (χ0) is 110. The van der Waals surface area contributed by atoms with Crippen LogP contribution in [-0.2, 0) is 117 Å². The van der Waals surface area contributed by atoms with E-state index in [4.69, 9.17) is 101 Å². The fourth-order valence-electron chi connectivity index (χ4n) is 12.9. The number of esters is 2. The largest absolute Gasteiger partial charge is 0.481 e. The van der Waals surface area contributed by atoms with Crippen LogP contribution in [0.15, 0.2) is 79.0 Å². The van der Waals surface area contributed by atoms with Gasteiger partial charge in [0.15, 0.2) is 11.5 Å². The number of carboxylic acid groups (broad SMARTS) is 18. The molecule has 1 saturated carbocycles. The molecule has 8 rings (SSSR count). The number of aromatic nitrogens is 1. The first-order valence-electron chi connectivity index (χ1n) is 43.7. The van der Waals surface area contributed by atoms with Crippen LogP contribution in [0.25, 0.3) is 20.3 Å². The number of carbonyl (C=O) groups excluding carboxylic acids is 5. The molecule has 2 aliphatic rings. The Hall–Kier alpha value is -14.8. The summed E-state index contributed by atoms with van der Waals surface area (Å²) in [5.74, 6) is -24.3. The van der Waals surface area contributed by atoms with E-state index in [0.29, 0.717) is 76.5 Å². The number of thioether (sulfide) groups is 2. The Labute approximate surface area is 836 Å². The first-order chi connectivity index (χ1) is 67.5. The van der Waals surface area contributed by atoms with E-state index in [1.165, 1.54) is 55.6 Å². The van der Waals surface area contributed by atoms with E-state index >= 15 is 0 Å². The fourth-order valence-corrected chi connectivity index (χ4v) is 17.5. The van der Waals surface area contributed by atoms with Crippen LogP contribution in [0.5, 0.6) is 11.5 Å². The summed E-state index contributed by atoms with van der Waals surface area (Å²) >= 11 is 4.63. The van der Waals surface area contributed by atoms with E-state index in [2.05, 4.69) is 19.8 Å². The maximum absolute atomic E-state index is 11.9. The second kappa shape index (κ2) is 70.7. The molecule has 1 aliphatic carbocycles. The highest BCUT2D eigenvalue weighted by molar-refractivity contribution is 8.16. The first kappa shape index (κ1) is 129. The quantitative estimate of drug-likeness (QED) is 0.00958. The molecule has 1 fully saturated rings. The minimum absolute atomic E-state index is 0.00926. The molecule has 48 nitrogen and oxygen atoms in total. The second-order valence-electron chi connectivity index (χ2n) is 31.0. The predicted molar refractivity (Wildman–Crippen MR) is 509 cm³/mol. The SMILES string of the molecule is CC(=O)NC(CC(=O)O)C(=O)O.CC(=O)O[C@@H](C(=O)O)[C@@H](OC(C)=O)C(=O)O.Cc1c(C(=O)O)sc2sc(C(=O)O)c(C)c12.O=C(O)CCCC(=O)CCCC(=O)O.O=C(O)CCCCCCCCCCCCCC(=O)O.O=C(O)CSC(SCC(=O)O)c1ccc2c(c1)OCO2.O=C(O)C[C@@H](C(=O)O)c1ccccc1.O=C(O)C[C@H](NC(=O)Cc1c[nH]c2ccccc12)C(=O)O.O=C(O)[C@H]1CCCC[C@H]1C(=O)O. The third kappa shape index (κ3) is 56.6. The Morgan fingerprint density at radius 3 is 1.16 bits per heavy atom. The molecular formula is C92H117N3O45S4. The normalized spacial score (nSPS) is 13.2. The minimum atomic E-state index is -2.07. The number of para-hydroxylation sites is 1. The molecule has 0 saturated heterocycles. The second-order valence-corrected chi connectivity index (χ2v) is 35.8. The number of hydrogen-bond donors (Lipinski definition) is 21. The number of carbonyl (C=O) groups is 23. The molecule has 0 bridgehead atoms. The summed E-state index contributed by atoms with van der Waals surface area (Å²) < 4.78 is 19.4. The maximum atomic E-state index is 11.9. The molecule has 794 valence electrons. The molecule has 144 heavy (non-hydrogen) atoms. The molecule has 4 heterocycles. The number of benzene rings is 3. The van der Waals surface area contributed by atoms with Gasteiger partial charge in [0.25, 0.3) is 0 Å². The average molecular weight is 2110 g/mol. The zero-order valence-corrected chi connectivity index (χ0v) is 81.8. The topological polar surface area (TPSA) is 834 Å². The number of fused-ring (bicyclic) bond motifs is 3. The number of aromatic carboxylic acids is 2. The molecule has 0 radical (unpaired) electrons. The van der Waals surface area contributed by atoms with Gasteiger partial charge < -0.3 is 126 Å². The fraction of sp³-hybridized carbons (Fsp3) is 0.467. The van der Waals surface area contributed by atoms with Crippen molar-refractivity contribution in [1.82, 2.24) is 15.6 Å². The molecule has 3 aromatic carbocycles. The lowest BCUT2D eigenvalue weighted by Gasteiger charge is -2.24. The number of rotatable bonds is 52. The van der Waals surface area contributed by atoms with Gasteiger partial charge in [-0.2, -0.15) is 0 Å². The highest BCUT2D eigenvalue weighted by atomic mass is 32.2. The van der Waals surface area contributed by atoms with Crippen LogP contribution in [0.3, 0.4) is 0 Å². The van der Waals surface area contributed by atoms with E-state index in [-0.39, 0.29) is 67.2 Å². The van der Waals surface area contributed by atoms with Crippen LogP contribution in [0.2, 0.25) is 0 Å². The number of unbranched alkanes of at least 4 members (excludes halogenated alkanes) is 10. The number of hydrogen-bond acceptors (Lipinski definition) is 31. The third-order valence-electron chi connectivity index (χ3n) is 19.5. The Kier molecular flexibility index (Phi) is 63.5. The van der Waals surface area contributed by atoms with Crippen molar-refractivity contribution in [2.24, 2.45) is 11.8 Å². The molecule has 21 N–H and O–H groups in total. The number of amides is 2. The van der Waals surface area contributed by atoms with Crippen LogP contribution >= 0.6 is 46.2 Å². The predicted octanol–water partition coefficient (Wildman–Crippen LogP) is 11.4. The molecule has 1 unspecified atom stereocenters. The summed E-state index contributed by atoms with van der Waals surface area (Å²) in [7, 11) is 0. The van der Waals surface area contributed by atoms with Crippen molar-refractivity contribution < 1.29 is 221 Å². The lowest BCUT2D eigenvalue weighted by Crippen LogP contribution is -2.45. The summed E-state index contributed by atoms with van der Waals surface area (Å²) in [4.78, 5) is 247. The van der Waals surface area contributed by atoms with Crippen molar-refractivity contribution in [1.29, 1.82) is 0 Å². The Morgan fingerprint density at radius 1 is 0.417 bits per heavy atom. The van der Waals surface area contributed by atoms with E-state index in [0.717, 1.165) is 126 Å². The van der Waals surface area contributed by atoms with E-state index in [1.807, 2.05) is 29.6 Å². The number of Topliss-reactive ketones (excluding diaryl/α,β-unsaturated/α-hetero) is 1. The van der Waals surface area contributed by atoms with Gasteiger partial charge in [-0.25, -0.2) is 28.8 Å². The molecule has 1 aliphatic heterocycles. The number of aliphatic carboxylic acids is 16. The van der Waals surface area contributed by atoms with Gasteiger partial charge >= 0.3 is 119 Å². The van der Waals surface area contributed by atoms with Gasteiger partial charge in [0, 0.05) is 81.8 Å². The Bertz CT molecular complexity index is 5150. The number of aryl methyl sites for hydroxylation is 2. The number of nitrogens with one attached hydrogen (secondary N) is 3. The number of H-pyrrole nitrogens is 1. The van der Waals surface area contributed by atoms with E-state index in [1.54, 1.807) is 68.6 Å². The van der Waals surface area contributed by atoms with Crippen LogP contribution in [0.4, 0.5) is 0 Å². The molecule has 52 heteroatoms. The van der Waals surface area contributed by atoms with Gasteiger partial charge in [0.2, 0.25) is 30.8 Å². The zero-order valence-electron chi connectivity index (χ0n) is 78.5. The van der Waals surface area contributed by atoms with E-state index < -0.39 is 186 Å². The van der Waals surface area contributed by atoms with Gasteiger partial charge in [-0.1, -0.05) is 125 Å². The summed E-state index contributed by atoms with van der Waals surface area (Å²) in [6.07, 6.45) is 12.3. The van der Waals surface area contributed by atoms with Crippen molar-refractivity contribution in [3.8, 4) is 11.5 Å². The first-order valence-corrected chi connectivity index (χ1v) is 47.5. The summed E-state index contributed by atoms with van der Waals surface area (Å²) in [5.41, 5.74) is 4.25. The third-order valence-corrected chi connectivity index (χ3v) is 24.9. The minimum Gasteiger partial charge on any atom is -0.481 e. The standard InChI is InChI=1S/C15H28O4.C14H14N2O5.C12H12O6S2.C10H8O4S2.C10H10O4.C9H14O5.C8H10O8.C8H12O4.C6H9NO5/c16-14(17)12-10-8-6-4-2-1-3-5-7-9-11-13-15(18)19;17-12(16-11(14(20)21)6-13(18)19)5-8-7-15-10-4-2-1-3-9(8)10;13-10(14)4-19-12(20-5-11(15)16)7-1-2-8-9(3-7)18-6-17-8;1-3-5-4(2)7(9(13)14)16-10(5)15-6(3)8(11)12;11-9(12)6-8(10(13)14)7-4-2-1-3-5-7;10-7(3-1-5-8(11)12)4-2-6-9(13)14;1-3(9)15-5(7(11)12)6(8(13)14)16-4(2)10;9-7(10)5-3-1-2-4-6(5)8(11)12;1-3(8)7-4(6(11)12)2-5(9)10/h1-13H2,(H,16,17)(H,18,19);1-4,7,11,15H,5-6H2,(H,16,17)(H,18,19)(H,20,21);1-3,12H,4-6H2,(H,13,14)(H,15,16);1-2H3,(H,11,12)(H,13,14);1-5,8H,6H2,(H,11,12)(H,13,14);1-6H2,(H,11,12)(H,13,14);5-6H,1-2H3,(H,11,12)(H,13,14);5-6H,1-4H2,(H,9,10)(H,11,12);4H,2H2,1H3,(H,7,8)(H,9,10)(H,11,12)/t;11-;;;8-;;5-,6-;5-,6+;/m.0..1.1../s1.